The van der Waals surface area contributed by atoms with Crippen LogP contribution < -0.4 is 5.73 Å². The topological polar surface area (TPSA) is 46.3 Å². The van der Waals surface area contributed by atoms with Gasteiger partial charge in [0.1, 0.15) is 6.04 Å². The molecule has 2 aromatic rings. The van der Waals surface area contributed by atoms with E-state index in [0.29, 0.717) is 5.92 Å². The molecular formula is C18H20N2O. The Labute approximate surface area is 125 Å². The van der Waals surface area contributed by atoms with Gasteiger partial charge in [-0.3, -0.25) is 9.69 Å². The van der Waals surface area contributed by atoms with E-state index in [0.717, 1.165) is 25.1 Å². The molecule has 1 amide bonds. The number of nitrogens with two attached hydrogens (primary N) is 1. The molecule has 3 heteroatoms. The van der Waals surface area contributed by atoms with Crippen molar-refractivity contribution in [2.75, 3.05) is 13.1 Å². The summed E-state index contributed by atoms with van der Waals surface area (Å²) in [6.45, 7) is 1.79. The van der Waals surface area contributed by atoms with Gasteiger partial charge in [-0.1, -0.05) is 60.7 Å². The molecule has 1 aliphatic heterocycles. The van der Waals surface area contributed by atoms with Crippen molar-refractivity contribution in [1.29, 1.82) is 0 Å². The summed E-state index contributed by atoms with van der Waals surface area (Å²) < 4.78 is 0. The van der Waals surface area contributed by atoms with Gasteiger partial charge >= 0.3 is 0 Å². The first-order chi connectivity index (χ1) is 10.3. The fourth-order valence-corrected chi connectivity index (χ4v) is 3.21. The minimum Gasteiger partial charge on any atom is -0.368 e. The predicted molar refractivity (Wildman–Crippen MR) is 83.8 cm³/mol. The van der Waals surface area contributed by atoms with Gasteiger partial charge in [-0.2, -0.15) is 0 Å². The van der Waals surface area contributed by atoms with Gasteiger partial charge in [0.2, 0.25) is 5.91 Å². The van der Waals surface area contributed by atoms with E-state index >= 15 is 0 Å². The lowest BCUT2D eigenvalue weighted by Gasteiger charge is -2.25. The number of carbonyl (C=O) groups excluding carboxylic acids is 1. The SMILES string of the molecule is NC(=O)[C@H](c1ccccc1)N1CC[C@@H](c2ccccc2)C1. The number of benzene rings is 2. The summed E-state index contributed by atoms with van der Waals surface area (Å²) in [4.78, 5) is 14.1. The molecule has 108 valence electrons. The molecule has 0 unspecified atom stereocenters. The van der Waals surface area contributed by atoms with Crippen LogP contribution in [0.2, 0.25) is 0 Å². The van der Waals surface area contributed by atoms with E-state index in [1.807, 2.05) is 36.4 Å². The van der Waals surface area contributed by atoms with Crippen LogP contribution >= 0.6 is 0 Å². The molecule has 1 heterocycles. The molecule has 2 atom stereocenters. The van der Waals surface area contributed by atoms with Gasteiger partial charge in [0.25, 0.3) is 0 Å². The number of rotatable bonds is 4. The van der Waals surface area contributed by atoms with Crippen LogP contribution in [-0.4, -0.2) is 23.9 Å². The number of hydrogen-bond acceptors (Lipinski definition) is 2. The molecule has 0 bridgehead atoms. The first kappa shape index (κ1) is 13.8. The summed E-state index contributed by atoms with van der Waals surface area (Å²) in [5, 5.41) is 0. The van der Waals surface area contributed by atoms with Crippen LogP contribution in [0.15, 0.2) is 60.7 Å². The maximum Gasteiger partial charge on any atom is 0.239 e. The van der Waals surface area contributed by atoms with E-state index < -0.39 is 0 Å². The van der Waals surface area contributed by atoms with Crippen molar-refractivity contribution in [2.24, 2.45) is 5.73 Å². The molecular weight excluding hydrogens is 260 g/mol. The van der Waals surface area contributed by atoms with Gasteiger partial charge < -0.3 is 5.73 Å². The fraction of sp³-hybridized carbons (Fsp3) is 0.278. The van der Waals surface area contributed by atoms with Crippen molar-refractivity contribution in [2.45, 2.75) is 18.4 Å². The van der Waals surface area contributed by atoms with Gasteiger partial charge in [0, 0.05) is 6.54 Å². The van der Waals surface area contributed by atoms with Gasteiger partial charge in [0.15, 0.2) is 0 Å². The Morgan fingerprint density at radius 1 is 1.05 bits per heavy atom. The van der Waals surface area contributed by atoms with Crippen LogP contribution in [0.4, 0.5) is 0 Å². The Morgan fingerprint density at radius 3 is 2.29 bits per heavy atom. The van der Waals surface area contributed by atoms with E-state index in [2.05, 4.69) is 29.2 Å². The number of nitrogens with zero attached hydrogens (tertiary/aromatic N) is 1. The van der Waals surface area contributed by atoms with E-state index in [9.17, 15) is 4.79 Å². The van der Waals surface area contributed by atoms with Crippen LogP contribution in [0.1, 0.15) is 29.5 Å². The minimum atomic E-state index is -0.320. The number of likely N-dealkylation sites (tertiary alicyclic amines) is 1. The van der Waals surface area contributed by atoms with Crippen LogP contribution in [0.5, 0.6) is 0 Å². The monoisotopic (exact) mass is 280 g/mol. The number of hydrogen-bond donors (Lipinski definition) is 1. The Kier molecular flexibility index (Phi) is 4.02. The van der Waals surface area contributed by atoms with Crippen molar-refractivity contribution in [3.63, 3.8) is 0 Å². The zero-order valence-electron chi connectivity index (χ0n) is 12.0. The smallest absolute Gasteiger partial charge is 0.239 e. The molecule has 1 saturated heterocycles. The number of carbonyl (C=O) groups is 1. The standard InChI is InChI=1S/C18H20N2O/c19-18(21)17(15-9-5-2-6-10-15)20-12-11-16(13-20)14-7-3-1-4-8-14/h1-10,16-17H,11-13H2,(H2,19,21)/t16-,17+/m1/s1. The van der Waals surface area contributed by atoms with Gasteiger partial charge in [-0.15, -0.1) is 0 Å². The first-order valence-electron chi connectivity index (χ1n) is 7.39. The van der Waals surface area contributed by atoms with Crippen molar-refractivity contribution < 1.29 is 4.79 Å². The third-order valence-corrected chi connectivity index (χ3v) is 4.24. The molecule has 2 N–H and O–H groups in total. The summed E-state index contributed by atoms with van der Waals surface area (Å²) in [6, 6.07) is 20.0. The molecule has 1 fully saturated rings. The number of amides is 1. The summed E-state index contributed by atoms with van der Waals surface area (Å²) in [6.07, 6.45) is 1.07. The van der Waals surface area contributed by atoms with E-state index in [1.165, 1.54) is 5.56 Å². The van der Waals surface area contributed by atoms with E-state index in [-0.39, 0.29) is 11.9 Å². The Morgan fingerprint density at radius 2 is 1.67 bits per heavy atom. The highest BCUT2D eigenvalue weighted by Gasteiger charge is 2.32. The van der Waals surface area contributed by atoms with Crippen LogP contribution in [-0.2, 0) is 4.79 Å². The second kappa shape index (κ2) is 6.10. The summed E-state index contributed by atoms with van der Waals surface area (Å²) in [7, 11) is 0. The van der Waals surface area contributed by atoms with Crippen molar-refractivity contribution in [3.05, 3.63) is 71.8 Å². The van der Waals surface area contributed by atoms with E-state index in [1.54, 1.807) is 0 Å². The lowest BCUT2D eigenvalue weighted by Crippen LogP contribution is -2.36. The molecule has 21 heavy (non-hydrogen) atoms. The lowest BCUT2D eigenvalue weighted by molar-refractivity contribution is -0.123. The molecule has 1 aliphatic rings. The maximum atomic E-state index is 11.9. The zero-order chi connectivity index (χ0) is 14.7. The van der Waals surface area contributed by atoms with Crippen LogP contribution in [0.3, 0.4) is 0 Å². The van der Waals surface area contributed by atoms with Gasteiger partial charge in [-0.05, 0) is 30.0 Å². The average Bonchev–Trinajstić information content (AvgIpc) is 2.98. The van der Waals surface area contributed by atoms with E-state index in [4.69, 9.17) is 5.73 Å². The van der Waals surface area contributed by atoms with Gasteiger partial charge in [-0.25, -0.2) is 0 Å². The van der Waals surface area contributed by atoms with Crippen molar-refractivity contribution >= 4 is 5.91 Å². The summed E-state index contributed by atoms with van der Waals surface area (Å²) >= 11 is 0. The largest absolute Gasteiger partial charge is 0.368 e. The zero-order valence-corrected chi connectivity index (χ0v) is 12.0. The first-order valence-corrected chi connectivity index (χ1v) is 7.39. The van der Waals surface area contributed by atoms with Crippen LogP contribution in [0.25, 0.3) is 0 Å². The lowest BCUT2D eigenvalue weighted by atomic mass is 9.98. The van der Waals surface area contributed by atoms with Crippen LogP contribution in [0, 0.1) is 0 Å². The quantitative estimate of drug-likeness (QED) is 0.936. The summed E-state index contributed by atoms with van der Waals surface area (Å²) in [5.41, 5.74) is 7.98. The molecule has 0 spiro atoms. The number of primary amides is 1. The molecule has 0 aliphatic carbocycles. The van der Waals surface area contributed by atoms with Crippen molar-refractivity contribution in [1.82, 2.24) is 4.90 Å². The maximum absolute atomic E-state index is 11.9. The van der Waals surface area contributed by atoms with Gasteiger partial charge in [0.05, 0.1) is 0 Å². The third kappa shape index (κ3) is 2.98. The Hall–Kier alpha value is -2.13. The average molecular weight is 280 g/mol. The predicted octanol–water partition coefficient (Wildman–Crippen LogP) is 2.70. The Balaban J connectivity index is 1.79. The molecule has 3 rings (SSSR count). The fourth-order valence-electron chi connectivity index (χ4n) is 3.21. The summed E-state index contributed by atoms with van der Waals surface area (Å²) in [5.74, 6) is 0.215. The normalized spacial score (nSPS) is 20.3. The highest BCUT2D eigenvalue weighted by molar-refractivity contribution is 5.81. The third-order valence-electron chi connectivity index (χ3n) is 4.24. The molecule has 0 radical (unpaired) electrons. The highest BCUT2D eigenvalue weighted by Crippen LogP contribution is 2.32. The molecule has 0 aromatic heterocycles. The van der Waals surface area contributed by atoms with Crippen molar-refractivity contribution in [3.8, 4) is 0 Å². The minimum absolute atomic E-state index is 0.269. The Bertz CT molecular complexity index is 597. The second-order valence-electron chi connectivity index (χ2n) is 5.61. The second-order valence-corrected chi connectivity index (χ2v) is 5.61. The highest BCUT2D eigenvalue weighted by atomic mass is 16.1. The molecule has 0 saturated carbocycles. The molecule has 2 aromatic carbocycles. The molecule has 3 nitrogen and oxygen atoms in total.